The second kappa shape index (κ2) is 5.38. The van der Waals surface area contributed by atoms with Gasteiger partial charge in [0.25, 0.3) is 0 Å². The van der Waals surface area contributed by atoms with Gasteiger partial charge in [0.2, 0.25) is 5.91 Å². The number of nitrogens with zero attached hydrogens (tertiary/aromatic N) is 1. The van der Waals surface area contributed by atoms with E-state index in [9.17, 15) is 4.79 Å². The van der Waals surface area contributed by atoms with Gasteiger partial charge in [0.15, 0.2) is 0 Å². The van der Waals surface area contributed by atoms with Crippen LogP contribution >= 0.6 is 0 Å². The number of hydrogen-bond donors (Lipinski definition) is 0. The standard InChI is InChI=1S/C14H27NO2/c1-6-14(5)7-9-15(10-8-14)12(16)11-17-13(2,3)4/h6-11H2,1-5H3. The van der Waals surface area contributed by atoms with Crippen molar-refractivity contribution in [2.75, 3.05) is 19.7 Å². The third kappa shape index (κ3) is 4.66. The van der Waals surface area contributed by atoms with Crippen molar-refractivity contribution in [2.45, 2.75) is 59.5 Å². The molecule has 0 aromatic carbocycles. The van der Waals surface area contributed by atoms with Gasteiger partial charge in [-0.2, -0.15) is 0 Å². The molecule has 1 amide bonds. The maximum absolute atomic E-state index is 11.9. The first-order valence-corrected chi connectivity index (χ1v) is 6.67. The molecule has 100 valence electrons. The van der Waals surface area contributed by atoms with E-state index >= 15 is 0 Å². The van der Waals surface area contributed by atoms with E-state index in [1.165, 1.54) is 6.42 Å². The van der Waals surface area contributed by atoms with Gasteiger partial charge >= 0.3 is 0 Å². The maximum atomic E-state index is 11.9. The summed E-state index contributed by atoms with van der Waals surface area (Å²) < 4.78 is 5.53. The van der Waals surface area contributed by atoms with E-state index in [2.05, 4.69) is 13.8 Å². The monoisotopic (exact) mass is 241 g/mol. The van der Waals surface area contributed by atoms with E-state index < -0.39 is 0 Å². The third-order valence-corrected chi connectivity index (χ3v) is 3.81. The number of ether oxygens (including phenoxy) is 1. The van der Waals surface area contributed by atoms with Gasteiger partial charge in [-0.25, -0.2) is 0 Å². The molecule has 17 heavy (non-hydrogen) atoms. The second-order valence-electron chi connectivity index (χ2n) is 6.45. The molecule has 3 heteroatoms. The second-order valence-corrected chi connectivity index (χ2v) is 6.45. The lowest BCUT2D eigenvalue weighted by atomic mass is 9.78. The summed E-state index contributed by atoms with van der Waals surface area (Å²) in [5.74, 6) is 0.137. The Bertz CT molecular complexity index is 260. The highest BCUT2D eigenvalue weighted by Gasteiger charge is 2.30. The minimum absolute atomic E-state index is 0.137. The Labute approximate surface area is 106 Å². The molecule has 0 radical (unpaired) electrons. The molecule has 1 fully saturated rings. The molecule has 0 spiro atoms. The molecule has 0 bridgehead atoms. The van der Waals surface area contributed by atoms with Gasteiger partial charge in [0.05, 0.1) is 5.60 Å². The average molecular weight is 241 g/mol. The molecule has 0 saturated carbocycles. The normalized spacial score (nSPS) is 20.4. The number of carbonyl (C=O) groups is 1. The highest BCUT2D eigenvalue weighted by atomic mass is 16.5. The van der Waals surface area contributed by atoms with Crippen LogP contribution in [0.4, 0.5) is 0 Å². The fourth-order valence-corrected chi connectivity index (χ4v) is 2.02. The van der Waals surface area contributed by atoms with Gasteiger partial charge in [-0.05, 0) is 39.0 Å². The van der Waals surface area contributed by atoms with Crippen LogP contribution < -0.4 is 0 Å². The van der Waals surface area contributed by atoms with Crippen LogP contribution in [0.15, 0.2) is 0 Å². The van der Waals surface area contributed by atoms with Crippen LogP contribution in [0, 0.1) is 5.41 Å². The molecule has 1 saturated heterocycles. The van der Waals surface area contributed by atoms with Gasteiger partial charge in [-0.3, -0.25) is 4.79 Å². The van der Waals surface area contributed by atoms with E-state index in [1.54, 1.807) is 0 Å². The topological polar surface area (TPSA) is 29.5 Å². The van der Waals surface area contributed by atoms with E-state index in [-0.39, 0.29) is 18.1 Å². The number of rotatable bonds is 3. The van der Waals surface area contributed by atoms with Crippen molar-refractivity contribution in [1.82, 2.24) is 4.90 Å². The molecule has 1 heterocycles. The van der Waals surface area contributed by atoms with Crippen LogP contribution in [0.3, 0.4) is 0 Å². The molecule has 0 unspecified atom stereocenters. The minimum Gasteiger partial charge on any atom is -0.366 e. The molecule has 0 aliphatic carbocycles. The van der Waals surface area contributed by atoms with Crippen molar-refractivity contribution in [2.24, 2.45) is 5.41 Å². The minimum atomic E-state index is -0.233. The smallest absolute Gasteiger partial charge is 0.248 e. The Morgan fingerprint density at radius 1 is 1.29 bits per heavy atom. The van der Waals surface area contributed by atoms with Crippen molar-refractivity contribution in [3.63, 3.8) is 0 Å². The van der Waals surface area contributed by atoms with Crippen molar-refractivity contribution in [3.05, 3.63) is 0 Å². The third-order valence-electron chi connectivity index (χ3n) is 3.81. The summed E-state index contributed by atoms with van der Waals surface area (Å²) in [6.07, 6.45) is 3.43. The summed E-state index contributed by atoms with van der Waals surface area (Å²) in [6, 6.07) is 0. The number of piperidine rings is 1. The van der Waals surface area contributed by atoms with Crippen molar-refractivity contribution >= 4 is 5.91 Å². The zero-order valence-corrected chi connectivity index (χ0v) is 12.0. The summed E-state index contributed by atoms with van der Waals surface area (Å²) >= 11 is 0. The van der Waals surface area contributed by atoms with Gasteiger partial charge in [0.1, 0.15) is 6.61 Å². The van der Waals surface area contributed by atoms with Gasteiger partial charge in [0, 0.05) is 13.1 Å². The Hall–Kier alpha value is -0.570. The lowest BCUT2D eigenvalue weighted by molar-refractivity contribution is -0.143. The molecule has 0 aromatic rings. The Morgan fingerprint density at radius 2 is 1.82 bits per heavy atom. The maximum Gasteiger partial charge on any atom is 0.248 e. The molecule has 3 nitrogen and oxygen atoms in total. The lowest BCUT2D eigenvalue weighted by Crippen LogP contribution is -2.44. The van der Waals surface area contributed by atoms with Gasteiger partial charge in [-0.1, -0.05) is 20.3 Å². The zero-order valence-electron chi connectivity index (χ0n) is 12.0. The molecule has 0 N–H and O–H groups in total. The molecule has 1 aliphatic heterocycles. The first kappa shape index (κ1) is 14.5. The molecular weight excluding hydrogens is 214 g/mol. The fourth-order valence-electron chi connectivity index (χ4n) is 2.02. The van der Waals surface area contributed by atoms with E-state index in [4.69, 9.17) is 4.74 Å². The molecule has 0 aromatic heterocycles. The summed E-state index contributed by atoms with van der Waals surface area (Å²) in [5, 5.41) is 0. The zero-order chi connectivity index (χ0) is 13.1. The SMILES string of the molecule is CCC1(C)CCN(C(=O)COC(C)(C)C)CC1. The summed E-state index contributed by atoms with van der Waals surface area (Å²) in [4.78, 5) is 13.9. The number of carbonyl (C=O) groups excluding carboxylic acids is 1. The number of likely N-dealkylation sites (tertiary alicyclic amines) is 1. The van der Waals surface area contributed by atoms with Crippen LogP contribution in [0.2, 0.25) is 0 Å². The first-order valence-electron chi connectivity index (χ1n) is 6.67. The predicted molar refractivity (Wildman–Crippen MR) is 69.9 cm³/mol. The molecule has 1 aliphatic rings. The van der Waals surface area contributed by atoms with Gasteiger partial charge < -0.3 is 9.64 Å². The van der Waals surface area contributed by atoms with Crippen LogP contribution in [-0.4, -0.2) is 36.1 Å². The van der Waals surface area contributed by atoms with Crippen molar-refractivity contribution in [1.29, 1.82) is 0 Å². The average Bonchev–Trinajstić information content (AvgIpc) is 2.26. The lowest BCUT2D eigenvalue weighted by Gasteiger charge is -2.39. The Morgan fingerprint density at radius 3 is 2.24 bits per heavy atom. The van der Waals surface area contributed by atoms with E-state index in [0.29, 0.717) is 5.41 Å². The Kier molecular flexibility index (Phi) is 4.59. The fraction of sp³-hybridized carbons (Fsp3) is 0.929. The van der Waals surface area contributed by atoms with Crippen LogP contribution in [0.1, 0.15) is 53.9 Å². The highest BCUT2D eigenvalue weighted by Crippen LogP contribution is 2.33. The molecule has 1 rings (SSSR count). The number of amides is 1. The van der Waals surface area contributed by atoms with Gasteiger partial charge in [-0.15, -0.1) is 0 Å². The van der Waals surface area contributed by atoms with Crippen LogP contribution in [0.25, 0.3) is 0 Å². The molecule has 0 atom stereocenters. The summed E-state index contributed by atoms with van der Waals surface area (Å²) in [7, 11) is 0. The van der Waals surface area contributed by atoms with E-state index in [1.807, 2.05) is 25.7 Å². The highest BCUT2D eigenvalue weighted by molar-refractivity contribution is 5.77. The quantitative estimate of drug-likeness (QED) is 0.760. The van der Waals surface area contributed by atoms with Crippen molar-refractivity contribution in [3.8, 4) is 0 Å². The summed E-state index contributed by atoms with van der Waals surface area (Å²) in [5.41, 5.74) is 0.199. The van der Waals surface area contributed by atoms with Crippen LogP contribution in [0.5, 0.6) is 0 Å². The van der Waals surface area contributed by atoms with Crippen LogP contribution in [-0.2, 0) is 9.53 Å². The summed E-state index contributed by atoms with van der Waals surface area (Å²) in [6.45, 7) is 12.5. The molecular formula is C14H27NO2. The Balaban J connectivity index is 2.36. The predicted octanol–water partition coefficient (Wildman–Crippen LogP) is 2.84. The first-order chi connectivity index (χ1) is 7.76. The van der Waals surface area contributed by atoms with Crippen molar-refractivity contribution < 1.29 is 9.53 Å². The number of hydrogen-bond acceptors (Lipinski definition) is 2. The largest absolute Gasteiger partial charge is 0.366 e. The van der Waals surface area contributed by atoms with E-state index in [0.717, 1.165) is 25.9 Å².